The van der Waals surface area contributed by atoms with Gasteiger partial charge in [0, 0.05) is 34.8 Å². The second kappa shape index (κ2) is 5.51. The van der Waals surface area contributed by atoms with Crippen molar-refractivity contribution in [1.29, 1.82) is 0 Å². The molecule has 3 nitrogen and oxygen atoms in total. The van der Waals surface area contributed by atoms with Gasteiger partial charge in [0.1, 0.15) is 11.6 Å². The van der Waals surface area contributed by atoms with Gasteiger partial charge >= 0.3 is 0 Å². The predicted molar refractivity (Wildman–Crippen MR) is 79.3 cm³/mol. The summed E-state index contributed by atoms with van der Waals surface area (Å²) < 4.78 is 1.08. The monoisotopic (exact) mass is 336 g/mol. The van der Waals surface area contributed by atoms with Crippen LogP contribution < -0.4 is 0 Å². The topological polar surface area (TPSA) is 42.9 Å². The molecule has 0 spiro atoms. The van der Waals surface area contributed by atoms with Gasteiger partial charge in [-0.1, -0.05) is 0 Å². The standard InChI is InChI=1S/C14H13BrN2OS/c15-10-7-13(19-8-10)12-5-6-16-14(17-12)9-1-3-11(18)4-2-9/h5-9H,1-4H2. The maximum atomic E-state index is 11.3. The number of carbonyl (C=O) groups excluding carboxylic acids is 1. The van der Waals surface area contributed by atoms with Crippen molar-refractivity contribution < 1.29 is 4.79 Å². The van der Waals surface area contributed by atoms with E-state index in [1.807, 2.05) is 12.3 Å². The lowest BCUT2D eigenvalue weighted by Gasteiger charge is -2.19. The fourth-order valence-electron chi connectivity index (χ4n) is 2.35. The molecule has 1 saturated carbocycles. The molecule has 0 radical (unpaired) electrons. The lowest BCUT2D eigenvalue weighted by molar-refractivity contribution is -0.120. The molecule has 98 valence electrons. The molecule has 0 aromatic carbocycles. The molecule has 2 aromatic rings. The molecule has 2 heterocycles. The van der Waals surface area contributed by atoms with Gasteiger partial charge in [0.25, 0.3) is 0 Å². The van der Waals surface area contributed by atoms with Crippen molar-refractivity contribution in [3.05, 3.63) is 34.0 Å². The van der Waals surface area contributed by atoms with Gasteiger partial charge in [-0.15, -0.1) is 11.3 Å². The fourth-order valence-corrected chi connectivity index (χ4v) is 3.75. The Labute approximate surface area is 124 Å². The molecule has 3 rings (SSSR count). The van der Waals surface area contributed by atoms with Crippen LogP contribution in [0.25, 0.3) is 10.6 Å². The number of carbonyl (C=O) groups is 1. The Morgan fingerprint density at radius 2 is 2.11 bits per heavy atom. The molecule has 0 aliphatic heterocycles. The summed E-state index contributed by atoms with van der Waals surface area (Å²) in [5, 5.41) is 2.05. The zero-order valence-corrected chi connectivity index (χ0v) is 12.7. The molecular formula is C14H13BrN2OS. The highest BCUT2D eigenvalue weighted by Gasteiger charge is 2.22. The van der Waals surface area contributed by atoms with E-state index in [1.165, 1.54) is 0 Å². The van der Waals surface area contributed by atoms with Gasteiger partial charge in [-0.3, -0.25) is 4.79 Å². The fraction of sp³-hybridized carbons (Fsp3) is 0.357. The van der Waals surface area contributed by atoms with E-state index in [-0.39, 0.29) is 0 Å². The number of hydrogen-bond acceptors (Lipinski definition) is 4. The zero-order chi connectivity index (χ0) is 13.2. The number of ketones is 1. The Hall–Kier alpha value is -1.07. The molecule has 1 fully saturated rings. The summed E-state index contributed by atoms with van der Waals surface area (Å²) in [5.74, 6) is 1.59. The van der Waals surface area contributed by atoms with E-state index in [9.17, 15) is 4.79 Å². The predicted octanol–water partition coefficient (Wildman–Crippen LogP) is 4.19. The average Bonchev–Trinajstić information content (AvgIpc) is 2.86. The minimum Gasteiger partial charge on any atom is -0.300 e. The van der Waals surface area contributed by atoms with Crippen molar-refractivity contribution in [2.24, 2.45) is 0 Å². The normalized spacial score (nSPS) is 16.8. The third kappa shape index (κ3) is 2.92. The van der Waals surface area contributed by atoms with Crippen molar-refractivity contribution >= 4 is 33.0 Å². The van der Waals surface area contributed by atoms with Crippen LogP contribution in [0.5, 0.6) is 0 Å². The Morgan fingerprint density at radius 1 is 1.32 bits per heavy atom. The SMILES string of the molecule is O=C1CCC(c2nccc(-c3cc(Br)cs3)n2)CC1. The maximum absolute atomic E-state index is 11.3. The van der Waals surface area contributed by atoms with Crippen molar-refractivity contribution in [2.75, 3.05) is 0 Å². The summed E-state index contributed by atoms with van der Waals surface area (Å²) in [4.78, 5) is 21.5. The largest absolute Gasteiger partial charge is 0.300 e. The molecule has 19 heavy (non-hydrogen) atoms. The number of halogens is 1. The van der Waals surface area contributed by atoms with Gasteiger partial charge in [-0.05, 0) is 40.9 Å². The van der Waals surface area contributed by atoms with E-state index in [2.05, 4.69) is 37.3 Å². The number of nitrogens with zero attached hydrogens (tertiary/aromatic N) is 2. The third-order valence-electron chi connectivity index (χ3n) is 3.40. The van der Waals surface area contributed by atoms with Gasteiger partial charge in [0.2, 0.25) is 0 Å². The van der Waals surface area contributed by atoms with Crippen LogP contribution in [0.1, 0.15) is 37.4 Å². The van der Waals surface area contributed by atoms with E-state index in [1.54, 1.807) is 11.3 Å². The minimum atomic E-state index is 0.334. The molecule has 0 bridgehead atoms. The quantitative estimate of drug-likeness (QED) is 0.825. The summed E-state index contributed by atoms with van der Waals surface area (Å²) in [6.45, 7) is 0. The molecule has 0 unspecified atom stereocenters. The van der Waals surface area contributed by atoms with Crippen LogP contribution in [0.3, 0.4) is 0 Å². The zero-order valence-electron chi connectivity index (χ0n) is 10.3. The van der Waals surface area contributed by atoms with Crippen molar-refractivity contribution in [2.45, 2.75) is 31.6 Å². The molecule has 0 saturated heterocycles. The highest BCUT2D eigenvalue weighted by Crippen LogP contribution is 2.32. The van der Waals surface area contributed by atoms with Gasteiger partial charge in [0.05, 0.1) is 10.6 Å². The molecule has 2 aromatic heterocycles. The Morgan fingerprint density at radius 3 is 2.79 bits per heavy atom. The first-order valence-corrected chi connectivity index (χ1v) is 7.98. The van der Waals surface area contributed by atoms with E-state index in [0.29, 0.717) is 24.5 Å². The molecule has 1 aliphatic carbocycles. The van der Waals surface area contributed by atoms with Crippen LogP contribution in [0, 0.1) is 0 Å². The summed E-state index contributed by atoms with van der Waals surface area (Å²) in [6, 6.07) is 4.01. The van der Waals surface area contributed by atoms with E-state index >= 15 is 0 Å². The second-order valence-corrected chi connectivity index (χ2v) is 6.57. The van der Waals surface area contributed by atoms with Crippen LogP contribution in [0.15, 0.2) is 28.2 Å². The smallest absolute Gasteiger partial charge is 0.132 e. The summed E-state index contributed by atoms with van der Waals surface area (Å²) in [7, 11) is 0. The molecular weight excluding hydrogens is 324 g/mol. The summed E-state index contributed by atoms with van der Waals surface area (Å²) in [5.41, 5.74) is 0.970. The first-order valence-electron chi connectivity index (χ1n) is 6.31. The number of rotatable bonds is 2. The first kappa shape index (κ1) is 12.9. The van der Waals surface area contributed by atoms with Gasteiger partial charge < -0.3 is 0 Å². The average molecular weight is 337 g/mol. The molecule has 0 atom stereocenters. The van der Waals surface area contributed by atoms with Crippen LogP contribution in [0.2, 0.25) is 0 Å². The number of thiophene rings is 1. The van der Waals surface area contributed by atoms with E-state index in [0.717, 1.165) is 33.7 Å². The first-order chi connectivity index (χ1) is 9.22. The summed E-state index contributed by atoms with van der Waals surface area (Å²) in [6.07, 6.45) is 4.93. The highest BCUT2D eigenvalue weighted by atomic mass is 79.9. The molecule has 0 N–H and O–H groups in total. The van der Waals surface area contributed by atoms with E-state index < -0.39 is 0 Å². The third-order valence-corrected chi connectivity index (χ3v) is 5.12. The van der Waals surface area contributed by atoms with Crippen LogP contribution in [-0.2, 0) is 4.79 Å². The van der Waals surface area contributed by atoms with Gasteiger partial charge in [-0.2, -0.15) is 0 Å². The van der Waals surface area contributed by atoms with Crippen molar-refractivity contribution in [1.82, 2.24) is 9.97 Å². The van der Waals surface area contributed by atoms with Gasteiger partial charge in [-0.25, -0.2) is 9.97 Å². The number of Topliss-reactive ketones (excluding diaryl/α,β-unsaturated/α-hetero) is 1. The van der Waals surface area contributed by atoms with Gasteiger partial charge in [0.15, 0.2) is 0 Å². The van der Waals surface area contributed by atoms with Crippen LogP contribution in [-0.4, -0.2) is 15.8 Å². The molecule has 0 amide bonds. The molecule has 1 aliphatic rings. The lowest BCUT2D eigenvalue weighted by atomic mass is 9.88. The number of hydrogen-bond donors (Lipinski definition) is 0. The lowest BCUT2D eigenvalue weighted by Crippen LogP contribution is -2.14. The van der Waals surface area contributed by atoms with Crippen LogP contribution >= 0.6 is 27.3 Å². The second-order valence-electron chi connectivity index (χ2n) is 4.74. The highest BCUT2D eigenvalue weighted by molar-refractivity contribution is 9.10. The molecule has 5 heteroatoms. The van der Waals surface area contributed by atoms with Crippen molar-refractivity contribution in [3.63, 3.8) is 0 Å². The Balaban J connectivity index is 1.85. The maximum Gasteiger partial charge on any atom is 0.132 e. The number of aromatic nitrogens is 2. The van der Waals surface area contributed by atoms with Crippen molar-refractivity contribution in [3.8, 4) is 10.6 Å². The Kier molecular flexibility index (Phi) is 3.75. The van der Waals surface area contributed by atoms with Crippen LogP contribution in [0.4, 0.5) is 0 Å². The Bertz CT molecular complexity index is 601. The van der Waals surface area contributed by atoms with E-state index in [4.69, 9.17) is 0 Å². The minimum absolute atomic E-state index is 0.334. The summed E-state index contributed by atoms with van der Waals surface area (Å²) >= 11 is 5.13.